The lowest BCUT2D eigenvalue weighted by atomic mass is 10.2. The van der Waals surface area contributed by atoms with Crippen molar-refractivity contribution >= 4 is 39.9 Å². The zero-order chi connectivity index (χ0) is 17.4. The van der Waals surface area contributed by atoms with Gasteiger partial charge in [-0.2, -0.15) is 0 Å². The van der Waals surface area contributed by atoms with Gasteiger partial charge in [-0.15, -0.1) is 0 Å². The standard InChI is InChI=1S/C15H16BrFN2O4/c1-9(2)18-15(22)19-13(20)8-23-14(21)6-3-10-7-11(16)4-5-12(10)17/h3-7,9H,8H2,1-2H3,(H2,18,19,20,22)/b6-3+. The summed E-state index contributed by atoms with van der Waals surface area (Å²) in [5.41, 5.74) is 0.192. The lowest BCUT2D eigenvalue weighted by molar-refractivity contribution is -0.143. The number of urea groups is 1. The van der Waals surface area contributed by atoms with E-state index in [0.717, 1.165) is 6.08 Å². The number of ether oxygens (including phenoxy) is 1. The largest absolute Gasteiger partial charge is 0.452 e. The van der Waals surface area contributed by atoms with E-state index < -0.39 is 30.3 Å². The Morgan fingerprint density at radius 2 is 2.04 bits per heavy atom. The van der Waals surface area contributed by atoms with Crippen LogP contribution in [0.3, 0.4) is 0 Å². The van der Waals surface area contributed by atoms with Gasteiger partial charge in [0.15, 0.2) is 6.61 Å². The smallest absolute Gasteiger partial charge is 0.331 e. The molecule has 6 nitrogen and oxygen atoms in total. The van der Waals surface area contributed by atoms with Crippen molar-refractivity contribution in [1.82, 2.24) is 10.6 Å². The molecule has 0 saturated heterocycles. The second-order valence-corrected chi connectivity index (χ2v) is 5.70. The summed E-state index contributed by atoms with van der Waals surface area (Å²) in [6, 6.07) is 3.45. The Kier molecular flexibility index (Phi) is 7.40. The van der Waals surface area contributed by atoms with Crippen molar-refractivity contribution in [2.24, 2.45) is 0 Å². The second kappa shape index (κ2) is 9.04. The van der Waals surface area contributed by atoms with E-state index in [1.807, 2.05) is 5.32 Å². The van der Waals surface area contributed by atoms with Gasteiger partial charge < -0.3 is 10.1 Å². The van der Waals surface area contributed by atoms with Crippen LogP contribution in [0.2, 0.25) is 0 Å². The van der Waals surface area contributed by atoms with Gasteiger partial charge in [0.05, 0.1) is 0 Å². The first-order valence-electron chi connectivity index (χ1n) is 6.68. The van der Waals surface area contributed by atoms with Crippen LogP contribution in [-0.4, -0.2) is 30.6 Å². The molecule has 0 heterocycles. The lowest BCUT2D eigenvalue weighted by Gasteiger charge is -2.08. The number of hydrogen-bond acceptors (Lipinski definition) is 4. The molecule has 0 aromatic heterocycles. The molecule has 23 heavy (non-hydrogen) atoms. The Labute approximate surface area is 141 Å². The number of hydrogen-bond donors (Lipinski definition) is 2. The van der Waals surface area contributed by atoms with Gasteiger partial charge in [-0.1, -0.05) is 15.9 Å². The maximum Gasteiger partial charge on any atom is 0.331 e. The van der Waals surface area contributed by atoms with Crippen molar-refractivity contribution in [2.45, 2.75) is 19.9 Å². The Morgan fingerprint density at radius 3 is 2.70 bits per heavy atom. The van der Waals surface area contributed by atoms with Gasteiger partial charge >= 0.3 is 12.0 Å². The van der Waals surface area contributed by atoms with Crippen molar-refractivity contribution in [1.29, 1.82) is 0 Å². The van der Waals surface area contributed by atoms with Gasteiger partial charge in [0, 0.05) is 22.2 Å². The summed E-state index contributed by atoms with van der Waals surface area (Å²) < 4.78 is 18.8. The SMILES string of the molecule is CC(C)NC(=O)NC(=O)COC(=O)/C=C/c1cc(Br)ccc1F. The van der Waals surface area contributed by atoms with E-state index in [2.05, 4.69) is 26.0 Å². The highest BCUT2D eigenvalue weighted by Crippen LogP contribution is 2.16. The molecule has 0 radical (unpaired) electrons. The Hall–Kier alpha value is -2.22. The molecule has 2 N–H and O–H groups in total. The van der Waals surface area contributed by atoms with Crippen LogP contribution in [0.4, 0.5) is 9.18 Å². The van der Waals surface area contributed by atoms with Gasteiger partial charge in [-0.05, 0) is 38.1 Å². The van der Waals surface area contributed by atoms with E-state index in [0.29, 0.717) is 4.47 Å². The number of rotatable bonds is 5. The van der Waals surface area contributed by atoms with Crippen LogP contribution in [0, 0.1) is 5.82 Å². The summed E-state index contributed by atoms with van der Waals surface area (Å²) in [6.45, 7) is 2.85. The maximum atomic E-state index is 13.4. The Morgan fingerprint density at radius 1 is 1.35 bits per heavy atom. The zero-order valence-corrected chi connectivity index (χ0v) is 14.1. The number of esters is 1. The molecule has 1 aromatic carbocycles. The molecule has 3 amide bonds. The highest BCUT2D eigenvalue weighted by molar-refractivity contribution is 9.10. The third-order valence-corrected chi connectivity index (χ3v) is 2.87. The summed E-state index contributed by atoms with van der Waals surface area (Å²) in [7, 11) is 0. The van der Waals surface area contributed by atoms with Gasteiger partial charge in [-0.25, -0.2) is 14.0 Å². The van der Waals surface area contributed by atoms with E-state index in [4.69, 9.17) is 0 Å². The first-order chi connectivity index (χ1) is 10.8. The van der Waals surface area contributed by atoms with Crippen molar-refractivity contribution in [3.05, 3.63) is 40.1 Å². The normalized spacial score (nSPS) is 10.7. The topological polar surface area (TPSA) is 84.5 Å². The van der Waals surface area contributed by atoms with Crippen LogP contribution in [0.5, 0.6) is 0 Å². The fraction of sp³-hybridized carbons (Fsp3) is 0.267. The summed E-state index contributed by atoms with van der Waals surface area (Å²) in [5, 5.41) is 4.45. The summed E-state index contributed by atoms with van der Waals surface area (Å²) >= 11 is 3.19. The molecule has 0 saturated carbocycles. The molecule has 0 bridgehead atoms. The molecule has 124 valence electrons. The molecule has 0 fully saturated rings. The summed E-state index contributed by atoms with van der Waals surface area (Å²) in [4.78, 5) is 34.1. The van der Waals surface area contributed by atoms with Gasteiger partial charge in [0.25, 0.3) is 5.91 Å². The molecular formula is C15H16BrFN2O4. The number of halogens is 2. The van der Waals surface area contributed by atoms with Crippen molar-refractivity contribution in [3.63, 3.8) is 0 Å². The van der Waals surface area contributed by atoms with Crippen molar-refractivity contribution in [2.75, 3.05) is 6.61 Å². The van der Waals surface area contributed by atoms with Gasteiger partial charge in [0.2, 0.25) is 0 Å². The molecule has 0 spiro atoms. The lowest BCUT2D eigenvalue weighted by Crippen LogP contribution is -2.43. The molecule has 1 aromatic rings. The maximum absolute atomic E-state index is 13.4. The number of benzene rings is 1. The number of carbonyl (C=O) groups is 3. The Bertz CT molecular complexity index is 632. The Balaban J connectivity index is 2.45. The van der Waals surface area contributed by atoms with E-state index >= 15 is 0 Å². The van der Waals surface area contributed by atoms with Gasteiger partial charge in [-0.3, -0.25) is 10.1 Å². The average Bonchev–Trinajstić information content (AvgIpc) is 2.45. The summed E-state index contributed by atoms with van der Waals surface area (Å²) in [5.74, 6) is -2.09. The minimum Gasteiger partial charge on any atom is -0.452 e. The van der Waals surface area contributed by atoms with Crippen LogP contribution in [0.15, 0.2) is 28.7 Å². The number of carbonyl (C=O) groups excluding carboxylic acids is 3. The first kappa shape index (κ1) is 18.8. The minimum atomic E-state index is -0.830. The highest BCUT2D eigenvalue weighted by Gasteiger charge is 2.10. The molecular weight excluding hydrogens is 371 g/mol. The van der Waals surface area contributed by atoms with Crippen LogP contribution < -0.4 is 10.6 Å². The predicted octanol–water partition coefficient (Wildman–Crippen LogP) is 2.38. The monoisotopic (exact) mass is 386 g/mol. The number of nitrogens with one attached hydrogen (secondary N) is 2. The average molecular weight is 387 g/mol. The van der Waals surface area contributed by atoms with Crippen LogP contribution >= 0.6 is 15.9 Å². The fourth-order valence-corrected chi connectivity index (χ4v) is 1.82. The van der Waals surface area contributed by atoms with E-state index in [1.165, 1.54) is 24.3 Å². The van der Waals surface area contributed by atoms with Crippen LogP contribution in [-0.2, 0) is 14.3 Å². The van der Waals surface area contributed by atoms with Crippen molar-refractivity contribution < 1.29 is 23.5 Å². The predicted molar refractivity (Wildman–Crippen MR) is 85.9 cm³/mol. The molecule has 0 aliphatic carbocycles. The number of imide groups is 1. The molecule has 0 unspecified atom stereocenters. The molecule has 0 aliphatic heterocycles. The fourth-order valence-electron chi connectivity index (χ4n) is 1.45. The van der Waals surface area contributed by atoms with E-state index in [9.17, 15) is 18.8 Å². The number of amides is 3. The van der Waals surface area contributed by atoms with Crippen LogP contribution in [0.1, 0.15) is 19.4 Å². The highest BCUT2D eigenvalue weighted by atomic mass is 79.9. The molecule has 1 rings (SSSR count). The minimum absolute atomic E-state index is 0.131. The zero-order valence-electron chi connectivity index (χ0n) is 12.6. The van der Waals surface area contributed by atoms with Crippen molar-refractivity contribution in [3.8, 4) is 0 Å². The quantitative estimate of drug-likeness (QED) is 0.600. The first-order valence-corrected chi connectivity index (χ1v) is 7.47. The van der Waals surface area contributed by atoms with E-state index in [-0.39, 0.29) is 11.6 Å². The molecule has 0 aliphatic rings. The summed E-state index contributed by atoms with van der Waals surface area (Å²) in [6.07, 6.45) is 2.22. The second-order valence-electron chi connectivity index (χ2n) is 4.78. The van der Waals surface area contributed by atoms with Crippen LogP contribution in [0.25, 0.3) is 6.08 Å². The third kappa shape index (κ3) is 7.55. The van der Waals surface area contributed by atoms with E-state index in [1.54, 1.807) is 13.8 Å². The van der Waals surface area contributed by atoms with Gasteiger partial charge in [0.1, 0.15) is 5.82 Å². The third-order valence-electron chi connectivity index (χ3n) is 2.38. The molecule has 8 heteroatoms. The molecule has 0 atom stereocenters.